The molecule has 30 heavy (non-hydrogen) atoms. The smallest absolute Gasteiger partial charge is 0.217 e. The highest BCUT2D eigenvalue weighted by Gasteiger charge is 2.41. The van der Waals surface area contributed by atoms with Gasteiger partial charge in [0.05, 0.1) is 11.4 Å². The van der Waals surface area contributed by atoms with E-state index in [-0.39, 0.29) is 11.3 Å². The maximum atomic E-state index is 13.2. The van der Waals surface area contributed by atoms with Gasteiger partial charge < -0.3 is 4.57 Å². The van der Waals surface area contributed by atoms with Crippen LogP contribution >= 0.6 is 0 Å². The molecule has 1 N–H and O–H groups in total. The van der Waals surface area contributed by atoms with Crippen molar-refractivity contribution in [2.24, 2.45) is 5.92 Å². The van der Waals surface area contributed by atoms with Crippen molar-refractivity contribution in [2.45, 2.75) is 63.3 Å². The van der Waals surface area contributed by atoms with Crippen molar-refractivity contribution in [3.8, 4) is 11.1 Å². The highest BCUT2D eigenvalue weighted by Crippen LogP contribution is 2.34. The van der Waals surface area contributed by atoms with Gasteiger partial charge >= 0.3 is 0 Å². The molecule has 7 heteroatoms. The summed E-state index contributed by atoms with van der Waals surface area (Å²) in [6, 6.07) is 8.71. The number of benzene rings is 1. The number of aromatic nitrogens is 3. The van der Waals surface area contributed by atoms with E-state index in [0.717, 1.165) is 49.8 Å². The molecule has 2 aromatic heterocycles. The molecule has 1 aliphatic carbocycles. The Hall–Kier alpha value is -2.12. The molecule has 3 aromatic rings. The van der Waals surface area contributed by atoms with E-state index < -0.39 is 10.0 Å². The van der Waals surface area contributed by atoms with E-state index >= 15 is 0 Å². The summed E-state index contributed by atoms with van der Waals surface area (Å²) in [6.45, 7) is 3.58. The van der Waals surface area contributed by atoms with Crippen LogP contribution < -0.4 is 0 Å². The molecule has 0 bridgehead atoms. The van der Waals surface area contributed by atoms with Gasteiger partial charge in [-0.25, -0.2) is 8.42 Å². The van der Waals surface area contributed by atoms with Crippen LogP contribution in [-0.4, -0.2) is 45.3 Å². The topological polar surface area (TPSA) is 71.0 Å². The van der Waals surface area contributed by atoms with Crippen LogP contribution in [-0.2, 0) is 16.6 Å². The van der Waals surface area contributed by atoms with Crippen molar-refractivity contribution < 1.29 is 8.42 Å². The lowest BCUT2D eigenvalue weighted by atomic mass is 10.0. The number of fused-ring (bicyclic) bond motifs is 1. The second kappa shape index (κ2) is 7.85. The SMILES string of the molecule is CC1CC(Cn2ccc3cc(-c4cn[nH]c4)ccc32)CN1S(=O)(=O)C1CCCCC1. The quantitative estimate of drug-likeness (QED) is 0.657. The second-order valence-electron chi connectivity index (χ2n) is 9.05. The van der Waals surface area contributed by atoms with Crippen LogP contribution in [0.2, 0.25) is 0 Å². The Morgan fingerprint density at radius 3 is 2.73 bits per heavy atom. The van der Waals surface area contributed by atoms with Gasteiger partial charge in [0.15, 0.2) is 0 Å². The molecule has 2 aliphatic rings. The maximum Gasteiger partial charge on any atom is 0.217 e. The van der Waals surface area contributed by atoms with Crippen LogP contribution in [0, 0.1) is 5.92 Å². The van der Waals surface area contributed by atoms with Gasteiger partial charge in [-0.15, -0.1) is 0 Å². The first-order valence-electron chi connectivity index (χ1n) is 11.1. The molecular formula is C23H30N4O2S. The summed E-state index contributed by atoms with van der Waals surface area (Å²) < 4.78 is 30.5. The fourth-order valence-electron chi connectivity index (χ4n) is 5.38. The van der Waals surface area contributed by atoms with Crippen LogP contribution in [0.4, 0.5) is 0 Å². The Labute approximate surface area is 178 Å². The van der Waals surface area contributed by atoms with E-state index in [1.807, 2.05) is 16.7 Å². The Balaban J connectivity index is 1.32. The lowest BCUT2D eigenvalue weighted by Crippen LogP contribution is -2.41. The Morgan fingerprint density at radius 2 is 1.97 bits per heavy atom. The summed E-state index contributed by atoms with van der Waals surface area (Å²) in [6.07, 6.45) is 11.7. The number of nitrogens with zero attached hydrogens (tertiary/aromatic N) is 3. The van der Waals surface area contributed by atoms with Crippen molar-refractivity contribution in [1.29, 1.82) is 0 Å². The van der Waals surface area contributed by atoms with Crippen molar-refractivity contribution in [3.05, 3.63) is 42.9 Å². The molecule has 6 nitrogen and oxygen atoms in total. The molecule has 0 amide bonds. The molecule has 1 saturated carbocycles. The number of nitrogens with one attached hydrogen (secondary N) is 1. The summed E-state index contributed by atoms with van der Waals surface area (Å²) in [5, 5.41) is 7.94. The third kappa shape index (κ3) is 3.58. The monoisotopic (exact) mass is 426 g/mol. The average Bonchev–Trinajstić information content (AvgIpc) is 3.49. The first-order valence-corrected chi connectivity index (χ1v) is 12.6. The first-order chi connectivity index (χ1) is 14.5. The van der Waals surface area contributed by atoms with Crippen LogP contribution in [0.1, 0.15) is 45.4 Å². The maximum absolute atomic E-state index is 13.2. The normalized spacial score (nSPS) is 24.0. The summed E-state index contributed by atoms with van der Waals surface area (Å²) in [5.41, 5.74) is 3.43. The van der Waals surface area contributed by atoms with Gasteiger partial charge in [0, 0.05) is 48.0 Å². The molecule has 3 heterocycles. The molecule has 2 atom stereocenters. The lowest BCUT2D eigenvalue weighted by Gasteiger charge is -2.29. The van der Waals surface area contributed by atoms with E-state index in [1.165, 1.54) is 17.3 Å². The van der Waals surface area contributed by atoms with Gasteiger partial charge in [-0.05, 0) is 55.9 Å². The molecule has 1 aliphatic heterocycles. The molecule has 1 aromatic carbocycles. The molecule has 0 radical (unpaired) electrons. The zero-order valence-electron chi connectivity index (χ0n) is 17.5. The fraction of sp³-hybridized carbons (Fsp3) is 0.522. The number of H-pyrrole nitrogens is 1. The van der Waals surface area contributed by atoms with Crippen molar-refractivity contribution >= 4 is 20.9 Å². The minimum Gasteiger partial charge on any atom is -0.347 e. The van der Waals surface area contributed by atoms with Crippen LogP contribution in [0.3, 0.4) is 0 Å². The molecule has 2 unspecified atom stereocenters. The Kier molecular flexibility index (Phi) is 5.19. The molecule has 2 fully saturated rings. The Morgan fingerprint density at radius 1 is 1.13 bits per heavy atom. The van der Waals surface area contributed by atoms with Gasteiger partial charge in [0.1, 0.15) is 0 Å². The first kappa shape index (κ1) is 19.8. The van der Waals surface area contributed by atoms with Gasteiger partial charge in [-0.3, -0.25) is 5.10 Å². The number of hydrogen-bond donors (Lipinski definition) is 1. The standard InChI is InChI=1S/C23H30N4O2S/c1-17-11-18(16-27(17)30(28,29)22-5-3-2-4-6-22)15-26-10-9-20-12-19(7-8-23(20)26)21-13-24-25-14-21/h7-10,12-14,17-18,22H,2-6,11,15-16H2,1H3,(H,24,25). The van der Waals surface area contributed by atoms with Crippen molar-refractivity contribution in [1.82, 2.24) is 19.1 Å². The third-order valence-electron chi connectivity index (χ3n) is 6.96. The largest absolute Gasteiger partial charge is 0.347 e. The molecule has 0 spiro atoms. The summed E-state index contributed by atoms with van der Waals surface area (Å²) >= 11 is 0. The van der Waals surface area contributed by atoms with Gasteiger partial charge in [0.2, 0.25) is 10.0 Å². The van der Waals surface area contributed by atoms with E-state index in [0.29, 0.717) is 12.5 Å². The zero-order chi connectivity index (χ0) is 20.7. The van der Waals surface area contributed by atoms with Gasteiger partial charge in [-0.1, -0.05) is 25.3 Å². The van der Waals surface area contributed by atoms with E-state index in [4.69, 9.17) is 0 Å². The number of hydrogen-bond acceptors (Lipinski definition) is 3. The number of sulfonamides is 1. The van der Waals surface area contributed by atoms with Crippen molar-refractivity contribution in [2.75, 3.05) is 6.54 Å². The minimum absolute atomic E-state index is 0.0939. The van der Waals surface area contributed by atoms with E-state index in [1.54, 1.807) is 0 Å². The zero-order valence-corrected chi connectivity index (χ0v) is 18.3. The van der Waals surface area contributed by atoms with Crippen LogP contribution in [0.15, 0.2) is 42.9 Å². The molecule has 160 valence electrons. The summed E-state index contributed by atoms with van der Waals surface area (Å²) in [7, 11) is -3.18. The minimum atomic E-state index is -3.18. The summed E-state index contributed by atoms with van der Waals surface area (Å²) in [5.74, 6) is 0.350. The van der Waals surface area contributed by atoms with E-state index in [9.17, 15) is 8.42 Å². The third-order valence-corrected chi connectivity index (χ3v) is 9.44. The fourth-order valence-corrected chi connectivity index (χ4v) is 7.69. The highest BCUT2D eigenvalue weighted by atomic mass is 32.2. The second-order valence-corrected chi connectivity index (χ2v) is 11.2. The van der Waals surface area contributed by atoms with Gasteiger partial charge in [-0.2, -0.15) is 9.40 Å². The Bertz CT molecular complexity index is 1110. The lowest BCUT2D eigenvalue weighted by molar-refractivity contribution is 0.378. The molecule has 5 rings (SSSR count). The van der Waals surface area contributed by atoms with Crippen LogP contribution in [0.5, 0.6) is 0 Å². The van der Waals surface area contributed by atoms with Gasteiger partial charge in [0.25, 0.3) is 0 Å². The number of rotatable bonds is 5. The predicted octanol–water partition coefficient (Wildman–Crippen LogP) is 4.40. The molecule has 1 saturated heterocycles. The van der Waals surface area contributed by atoms with Crippen LogP contribution in [0.25, 0.3) is 22.0 Å². The predicted molar refractivity (Wildman–Crippen MR) is 120 cm³/mol. The average molecular weight is 427 g/mol. The van der Waals surface area contributed by atoms with Crippen molar-refractivity contribution in [3.63, 3.8) is 0 Å². The summed E-state index contributed by atoms with van der Waals surface area (Å²) in [4.78, 5) is 0. The van der Waals surface area contributed by atoms with E-state index in [2.05, 4.69) is 52.2 Å². The number of aromatic amines is 1. The highest BCUT2D eigenvalue weighted by molar-refractivity contribution is 7.89. The molecular weight excluding hydrogens is 396 g/mol.